The van der Waals surface area contributed by atoms with Crippen LogP contribution in [0.4, 0.5) is 0 Å². The lowest BCUT2D eigenvalue weighted by molar-refractivity contribution is -0.138. The summed E-state index contributed by atoms with van der Waals surface area (Å²) in [5.74, 6) is -1.31. The van der Waals surface area contributed by atoms with Gasteiger partial charge < -0.3 is 5.11 Å². The van der Waals surface area contributed by atoms with Crippen LogP contribution in [0.15, 0.2) is 66.7 Å². The van der Waals surface area contributed by atoms with Gasteiger partial charge in [-0.25, -0.2) is 0 Å². The van der Waals surface area contributed by atoms with E-state index in [9.17, 15) is 9.90 Å². The third-order valence-electron chi connectivity index (χ3n) is 4.02. The number of aliphatic carboxylic acids is 1. The molecule has 0 spiro atoms. The molecule has 0 radical (unpaired) electrons. The van der Waals surface area contributed by atoms with E-state index in [-0.39, 0.29) is 0 Å². The number of benzene rings is 3. The van der Waals surface area contributed by atoms with Crippen molar-refractivity contribution in [1.82, 2.24) is 0 Å². The molecule has 0 aromatic heterocycles. The van der Waals surface area contributed by atoms with Crippen LogP contribution in [0, 0.1) is 6.92 Å². The molecule has 0 aliphatic heterocycles. The Morgan fingerprint density at radius 3 is 2.50 bits per heavy atom. The van der Waals surface area contributed by atoms with Gasteiger partial charge in [0.2, 0.25) is 0 Å². The van der Waals surface area contributed by atoms with E-state index < -0.39 is 11.9 Å². The van der Waals surface area contributed by atoms with E-state index in [0.717, 1.165) is 27.5 Å². The second kappa shape index (κ2) is 6.02. The summed E-state index contributed by atoms with van der Waals surface area (Å²) in [6, 6.07) is 21.9. The summed E-state index contributed by atoms with van der Waals surface area (Å²) < 4.78 is 0. The van der Waals surface area contributed by atoms with E-state index in [1.54, 1.807) is 0 Å². The molecule has 0 aliphatic rings. The average Bonchev–Trinajstić information content (AvgIpc) is 2.52. The molecule has 0 saturated carbocycles. The highest BCUT2D eigenvalue weighted by molar-refractivity contribution is 5.90. The lowest BCUT2D eigenvalue weighted by Crippen LogP contribution is -2.15. The number of rotatable bonds is 4. The van der Waals surface area contributed by atoms with Crippen LogP contribution in [0.5, 0.6) is 0 Å². The number of carboxylic acids is 1. The first-order chi connectivity index (χ1) is 10.6. The van der Waals surface area contributed by atoms with Crippen molar-refractivity contribution in [3.05, 3.63) is 83.4 Å². The highest BCUT2D eigenvalue weighted by Crippen LogP contribution is 2.29. The number of hydrogen-bond donors (Lipinski definition) is 1. The molecule has 22 heavy (non-hydrogen) atoms. The number of carbonyl (C=O) groups is 1. The van der Waals surface area contributed by atoms with Gasteiger partial charge >= 0.3 is 5.97 Å². The minimum Gasteiger partial charge on any atom is -0.481 e. The molecule has 2 heteroatoms. The zero-order valence-electron chi connectivity index (χ0n) is 12.5. The fourth-order valence-electron chi connectivity index (χ4n) is 2.96. The molecule has 2 nitrogen and oxygen atoms in total. The van der Waals surface area contributed by atoms with Gasteiger partial charge in [0.15, 0.2) is 0 Å². The van der Waals surface area contributed by atoms with Crippen molar-refractivity contribution in [2.45, 2.75) is 19.3 Å². The van der Waals surface area contributed by atoms with Crippen molar-refractivity contribution in [2.75, 3.05) is 0 Å². The molecule has 0 amide bonds. The van der Waals surface area contributed by atoms with Crippen LogP contribution in [0.25, 0.3) is 10.8 Å². The Morgan fingerprint density at radius 2 is 1.73 bits per heavy atom. The van der Waals surface area contributed by atoms with Gasteiger partial charge in [0.1, 0.15) is 0 Å². The van der Waals surface area contributed by atoms with Gasteiger partial charge in [0.25, 0.3) is 0 Å². The van der Waals surface area contributed by atoms with Crippen LogP contribution in [0.2, 0.25) is 0 Å². The van der Waals surface area contributed by atoms with E-state index in [1.165, 1.54) is 0 Å². The predicted molar refractivity (Wildman–Crippen MR) is 89.2 cm³/mol. The number of carboxylic acid groups (broad SMARTS) is 1. The summed E-state index contributed by atoms with van der Waals surface area (Å²) in [7, 11) is 0. The van der Waals surface area contributed by atoms with Gasteiger partial charge in [-0.15, -0.1) is 0 Å². The fourth-order valence-corrected chi connectivity index (χ4v) is 2.96. The monoisotopic (exact) mass is 290 g/mol. The Balaban J connectivity index is 2.05. The van der Waals surface area contributed by atoms with Gasteiger partial charge in [-0.05, 0) is 35.2 Å². The SMILES string of the molecule is Cc1cccc(CC(C(=O)O)c2cccc3ccccc23)c1. The topological polar surface area (TPSA) is 37.3 Å². The molecule has 1 unspecified atom stereocenters. The normalized spacial score (nSPS) is 12.2. The van der Waals surface area contributed by atoms with Gasteiger partial charge in [0, 0.05) is 0 Å². The van der Waals surface area contributed by atoms with Crippen molar-refractivity contribution in [3.63, 3.8) is 0 Å². The smallest absolute Gasteiger partial charge is 0.311 e. The standard InChI is InChI=1S/C20H18O2/c1-14-6-4-7-15(12-14)13-19(20(21)22)18-11-5-9-16-8-2-3-10-17(16)18/h2-12,19H,13H2,1H3,(H,21,22). The highest BCUT2D eigenvalue weighted by atomic mass is 16.4. The van der Waals surface area contributed by atoms with Crippen LogP contribution in [0.3, 0.4) is 0 Å². The summed E-state index contributed by atoms with van der Waals surface area (Å²) in [6.45, 7) is 2.02. The Kier molecular flexibility index (Phi) is 3.92. The fraction of sp³-hybridized carbons (Fsp3) is 0.150. The molecule has 110 valence electrons. The van der Waals surface area contributed by atoms with Crippen molar-refractivity contribution in [1.29, 1.82) is 0 Å². The molecule has 0 aliphatic carbocycles. The van der Waals surface area contributed by atoms with E-state index in [1.807, 2.05) is 67.6 Å². The van der Waals surface area contributed by atoms with Crippen LogP contribution >= 0.6 is 0 Å². The van der Waals surface area contributed by atoms with Gasteiger partial charge in [-0.2, -0.15) is 0 Å². The van der Waals surface area contributed by atoms with Gasteiger partial charge in [0.05, 0.1) is 5.92 Å². The van der Waals surface area contributed by atoms with Crippen LogP contribution in [-0.2, 0) is 11.2 Å². The van der Waals surface area contributed by atoms with E-state index >= 15 is 0 Å². The molecule has 0 saturated heterocycles. The number of hydrogen-bond acceptors (Lipinski definition) is 1. The minimum atomic E-state index is -0.780. The maximum Gasteiger partial charge on any atom is 0.311 e. The summed E-state index contributed by atoms with van der Waals surface area (Å²) in [5.41, 5.74) is 3.09. The van der Waals surface area contributed by atoms with Crippen molar-refractivity contribution >= 4 is 16.7 Å². The number of fused-ring (bicyclic) bond motifs is 1. The Bertz CT molecular complexity index is 815. The molecule has 1 N–H and O–H groups in total. The molecular weight excluding hydrogens is 272 g/mol. The molecule has 0 fully saturated rings. The van der Waals surface area contributed by atoms with E-state index in [4.69, 9.17) is 0 Å². The van der Waals surface area contributed by atoms with Crippen LogP contribution < -0.4 is 0 Å². The van der Waals surface area contributed by atoms with Crippen molar-refractivity contribution in [2.24, 2.45) is 0 Å². The van der Waals surface area contributed by atoms with E-state index in [2.05, 4.69) is 6.07 Å². The lowest BCUT2D eigenvalue weighted by Gasteiger charge is -2.16. The molecule has 0 heterocycles. The first kappa shape index (κ1) is 14.3. The van der Waals surface area contributed by atoms with Gasteiger partial charge in [-0.3, -0.25) is 4.79 Å². The summed E-state index contributed by atoms with van der Waals surface area (Å²) >= 11 is 0. The largest absolute Gasteiger partial charge is 0.481 e. The minimum absolute atomic E-state index is 0.505. The molecule has 3 rings (SSSR count). The van der Waals surface area contributed by atoms with Crippen LogP contribution in [0.1, 0.15) is 22.6 Å². The second-order valence-corrected chi connectivity index (χ2v) is 5.65. The predicted octanol–water partition coefficient (Wildman–Crippen LogP) is 4.56. The summed E-state index contributed by atoms with van der Waals surface area (Å²) in [4.78, 5) is 11.8. The first-order valence-corrected chi connectivity index (χ1v) is 7.41. The molecule has 3 aromatic rings. The van der Waals surface area contributed by atoms with E-state index in [0.29, 0.717) is 6.42 Å². The number of aryl methyl sites for hydroxylation is 1. The van der Waals surface area contributed by atoms with Gasteiger partial charge in [-0.1, -0.05) is 72.3 Å². The second-order valence-electron chi connectivity index (χ2n) is 5.65. The Labute approximate surface area is 130 Å². The van der Waals surface area contributed by atoms with Crippen molar-refractivity contribution in [3.8, 4) is 0 Å². The quantitative estimate of drug-likeness (QED) is 0.765. The highest BCUT2D eigenvalue weighted by Gasteiger charge is 2.22. The zero-order chi connectivity index (χ0) is 15.5. The molecule has 0 bridgehead atoms. The average molecular weight is 290 g/mol. The zero-order valence-corrected chi connectivity index (χ0v) is 12.5. The Hall–Kier alpha value is -2.61. The Morgan fingerprint density at radius 1 is 1.00 bits per heavy atom. The summed E-state index contributed by atoms with van der Waals surface area (Å²) in [5, 5.41) is 11.8. The maximum absolute atomic E-state index is 11.8. The maximum atomic E-state index is 11.8. The third-order valence-corrected chi connectivity index (χ3v) is 4.02. The summed E-state index contributed by atoms with van der Waals surface area (Å²) in [6.07, 6.45) is 0.505. The third kappa shape index (κ3) is 2.86. The van der Waals surface area contributed by atoms with Crippen molar-refractivity contribution < 1.29 is 9.90 Å². The molecule has 1 atom stereocenters. The lowest BCUT2D eigenvalue weighted by atomic mass is 9.88. The molecule has 3 aromatic carbocycles. The first-order valence-electron chi connectivity index (χ1n) is 7.41. The van der Waals surface area contributed by atoms with Crippen LogP contribution in [-0.4, -0.2) is 11.1 Å². The molecular formula is C20H18O2.